The second-order valence-corrected chi connectivity index (χ2v) is 7.18. The highest BCUT2D eigenvalue weighted by Crippen LogP contribution is 2.25. The van der Waals surface area contributed by atoms with Crippen LogP contribution >= 0.6 is 15.9 Å². The molecule has 0 aliphatic carbocycles. The molecular formula is C16H20BrNO3. The van der Waals surface area contributed by atoms with Crippen LogP contribution in [0.4, 0.5) is 4.79 Å². The van der Waals surface area contributed by atoms with Crippen molar-refractivity contribution in [2.75, 3.05) is 0 Å². The summed E-state index contributed by atoms with van der Waals surface area (Å²) >= 11 is 3.40. The Hall–Kier alpha value is -1.36. The molecule has 4 nitrogen and oxygen atoms in total. The zero-order valence-corrected chi connectivity index (χ0v) is 14.1. The lowest BCUT2D eigenvalue weighted by atomic mass is 10.0. The average Bonchev–Trinajstić information content (AvgIpc) is 2.71. The van der Waals surface area contributed by atoms with Crippen LogP contribution in [-0.2, 0) is 16.0 Å². The number of hydrogen-bond donors (Lipinski definition) is 0. The Morgan fingerprint density at radius 1 is 1.33 bits per heavy atom. The Labute approximate surface area is 133 Å². The highest BCUT2D eigenvalue weighted by atomic mass is 79.9. The van der Waals surface area contributed by atoms with Gasteiger partial charge in [-0.2, -0.15) is 0 Å². The number of carbonyl (C=O) groups excluding carboxylic acids is 2. The van der Waals surface area contributed by atoms with Gasteiger partial charge in [-0.3, -0.25) is 4.79 Å². The lowest BCUT2D eigenvalue weighted by Gasteiger charge is -2.27. The van der Waals surface area contributed by atoms with E-state index >= 15 is 0 Å². The molecule has 1 heterocycles. The van der Waals surface area contributed by atoms with Crippen LogP contribution in [0.2, 0.25) is 0 Å². The quantitative estimate of drug-likeness (QED) is 0.809. The third-order valence-electron chi connectivity index (χ3n) is 3.30. The Morgan fingerprint density at radius 3 is 2.52 bits per heavy atom. The Morgan fingerprint density at radius 2 is 1.95 bits per heavy atom. The number of ether oxygens (including phenoxy) is 1. The van der Waals surface area contributed by atoms with Crippen LogP contribution < -0.4 is 0 Å². The third-order valence-corrected chi connectivity index (χ3v) is 3.83. The van der Waals surface area contributed by atoms with E-state index in [0.29, 0.717) is 19.3 Å². The van der Waals surface area contributed by atoms with Crippen LogP contribution in [0.15, 0.2) is 28.7 Å². The lowest BCUT2D eigenvalue weighted by Crippen LogP contribution is -2.43. The SMILES string of the molecule is CC(C)(C)OC(=O)N1C(=O)CC[C@H]1Cc1ccc(Br)cc1. The zero-order valence-electron chi connectivity index (χ0n) is 12.6. The number of benzene rings is 1. The molecule has 0 saturated carbocycles. The first-order valence-corrected chi connectivity index (χ1v) is 7.85. The van der Waals surface area contributed by atoms with E-state index in [1.54, 1.807) is 20.8 Å². The molecule has 2 rings (SSSR count). The molecule has 1 fully saturated rings. The largest absolute Gasteiger partial charge is 0.443 e. The smallest absolute Gasteiger partial charge is 0.417 e. The lowest BCUT2D eigenvalue weighted by molar-refractivity contribution is -0.128. The van der Waals surface area contributed by atoms with Crippen molar-refractivity contribution >= 4 is 27.9 Å². The maximum Gasteiger partial charge on any atom is 0.417 e. The van der Waals surface area contributed by atoms with Crippen molar-refractivity contribution in [3.05, 3.63) is 34.3 Å². The Bertz CT molecular complexity index is 533. The van der Waals surface area contributed by atoms with E-state index in [2.05, 4.69) is 15.9 Å². The summed E-state index contributed by atoms with van der Waals surface area (Å²) in [5.74, 6) is -0.147. The van der Waals surface area contributed by atoms with Crippen molar-refractivity contribution in [2.45, 2.75) is 51.7 Å². The predicted molar refractivity (Wildman–Crippen MR) is 83.9 cm³/mol. The van der Waals surface area contributed by atoms with Gasteiger partial charge in [-0.15, -0.1) is 0 Å². The normalized spacial score (nSPS) is 19.0. The van der Waals surface area contributed by atoms with Crippen molar-refractivity contribution in [3.8, 4) is 0 Å². The van der Waals surface area contributed by atoms with Gasteiger partial charge in [0.25, 0.3) is 0 Å². The molecule has 1 saturated heterocycles. The Kier molecular flexibility index (Phi) is 4.71. The highest BCUT2D eigenvalue weighted by Gasteiger charge is 2.38. The van der Waals surface area contributed by atoms with Crippen LogP contribution in [-0.4, -0.2) is 28.5 Å². The highest BCUT2D eigenvalue weighted by molar-refractivity contribution is 9.10. The maximum atomic E-state index is 12.2. The molecule has 5 heteroatoms. The third kappa shape index (κ3) is 4.30. The summed E-state index contributed by atoms with van der Waals surface area (Å²) in [7, 11) is 0. The number of hydrogen-bond acceptors (Lipinski definition) is 3. The molecule has 2 amide bonds. The number of halogens is 1. The first kappa shape index (κ1) is 16.0. The molecule has 114 valence electrons. The van der Waals surface area contributed by atoms with Crippen LogP contribution in [0.25, 0.3) is 0 Å². The minimum absolute atomic E-state index is 0.117. The minimum Gasteiger partial charge on any atom is -0.443 e. The average molecular weight is 354 g/mol. The van der Waals surface area contributed by atoms with Crippen molar-refractivity contribution in [3.63, 3.8) is 0 Å². The van der Waals surface area contributed by atoms with Crippen molar-refractivity contribution in [1.29, 1.82) is 0 Å². The van der Waals surface area contributed by atoms with Crippen LogP contribution in [0, 0.1) is 0 Å². The van der Waals surface area contributed by atoms with E-state index in [-0.39, 0.29) is 11.9 Å². The van der Waals surface area contributed by atoms with Gasteiger partial charge in [0.1, 0.15) is 5.60 Å². The van der Waals surface area contributed by atoms with Gasteiger partial charge in [-0.25, -0.2) is 9.69 Å². The van der Waals surface area contributed by atoms with E-state index < -0.39 is 11.7 Å². The molecule has 1 aliphatic heterocycles. The topological polar surface area (TPSA) is 46.6 Å². The van der Waals surface area contributed by atoms with E-state index in [9.17, 15) is 9.59 Å². The molecule has 1 aromatic rings. The van der Waals surface area contributed by atoms with Crippen LogP contribution in [0.3, 0.4) is 0 Å². The summed E-state index contributed by atoms with van der Waals surface area (Å²) in [5.41, 5.74) is 0.508. The first-order chi connectivity index (χ1) is 9.76. The number of rotatable bonds is 2. The summed E-state index contributed by atoms with van der Waals surface area (Å²) in [6.07, 6.45) is 1.22. The standard InChI is InChI=1S/C16H20BrNO3/c1-16(2,3)21-15(20)18-13(8-9-14(18)19)10-11-4-6-12(17)7-5-11/h4-7,13H,8-10H2,1-3H3/t13-/m0/s1. The summed E-state index contributed by atoms with van der Waals surface area (Å²) < 4.78 is 6.35. The van der Waals surface area contributed by atoms with Gasteiger partial charge in [-0.1, -0.05) is 28.1 Å². The first-order valence-electron chi connectivity index (χ1n) is 7.06. The molecule has 0 bridgehead atoms. The van der Waals surface area contributed by atoms with Gasteiger partial charge in [0.05, 0.1) is 0 Å². The molecule has 1 aromatic carbocycles. The van der Waals surface area contributed by atoms with Gasteiger partial charge in [0.15, 0.2) is 0 Å². The van der Waals surface area contributed by atoms with E-state index in [1.807, 2.05) is 24.3 Å². The molecule has 0 N–H and O–H groups in total. The zero-order chi connectivity index (χ0) is 15.6. The maximum absolute atomic E-state index is 12.2. The molecule has 0 radical (unpaired) electrons. The van der Waals surface area contributed by atoms with E-state index in [1.165, 1.54) is 4.90 Å². The molecule has 1 atom stereocenters. The number of imide groups is 1. The summed E-state index contributed by atoms with van der Waals surface area (Å²) in [4.78, 5) is 25.5. The Balaban J connectivity index is 2.09. The van der Waals surface area contributed by atoms with Crippen molar-refractivity contribution in [1.82, 2.24) is 4.90 Å². The summed E-state index contributed by atoms with van der Waals surface area (Å²) in [6, 6.07) is 7.81. The number of amides is 2. The van der Waals surface area contributed by atoms with Gasteiger partial charge < -0.3 is 4.74 Å². The van der Waals surface area contributed by atoms with Gasteiger partial charge in [-0.05, 0) is 51.3 Å². The molecule has 21 heavy (non-hydrogen) atoms. The second-order valence-electron chi connectivity index (χ2n) is 6.27. The van der Waals surface area contributed by atoms with E-state index in [0.717, 1.165) is 10.0 Å². The molecular weight excluding hydrogens is 334 g/mol. The van der Waals surface area contributed by atoms with Gasteiger partial charge >= 0.3 is 6.09 Å². The molecule has 0 aromatic heterocycles. The minimum atomic E-state index is -0.595. The summed E-state index contributed by atoms with van der Waals surface area (Å²) in [5, 5.41) is 0. The van der Waals surface area contributed by atoms with Crippen molar-refractivity contribution < 1.29 is 14.3 Å². The number of likely N-dealkylation sites (tertiary alicyclic amines) is 1. The fourth-order valence-corrected chi connectivity index (χ4v) is 2.66. The van der Waals surface area contributed by atoms with Gasteiger partial charge in [0.2, 0.25) is 5.91 Å². The predicted octanol–water partition coefficient (Wildman–Crippen LogP) is 3.92. The van der Waals surface area contributed by atoms with Crippen molar-refractivity contribution in [2.24, 2.45) is 0 Å². The molecule has 0 spiro atoms. The molecule has 1 aliphatic rings. The summed E-state index contributed by atoms with van der Waals surface area (Å²) in [6.45, 7) is 5.40. The number of carbonyl (C=O) groups is 2. The van der Waals surface area contributed by atoms with Crippen LogP contribution in [0.5, 0.6) is 0 Å². The van der Waals surface area contributed by atoms with E-state index in [4.69, 9.17) is 4.74 Å². The van der Waals surface area contributed by atoms with Gasteiger partial charge in [0, 0.05) is 16.9 Å². The number of nitrogens with zero attached hydrogens (tertiary/aromatic N) is 1. The monoisotopic (exact) mass is 353 g/mol. The fourth-order valence-electron chi connectivity index (χ4n) is 2.39. The second kappa shape index (κ2) is 6.18. The molecule has 0 unspecified atom stereocenters. The van der Waals surface area contributed by atoms with Crippen LogP contribution in [0.1, 0.15) is 39.2 Å². The fraction of sp³-hybridized carbons (Fsp3) is 0.500.